The van der Waals surface area contributed by atoms with Crippen LogP contribution in [0.5, 0.6) is 0 Å². The van der Waals surface area contributed by atoms with Crippen LogP contribution in [-0.4, -0.2) is 4.66 Å². The Balaban J connectivity index is 0. The first-order chi connectivity index (χ1) is 5.41. The van der Waals surface area contributed by atoms with Gasteiger partial charge in [-0.3, -0.25) is 0 Å². The van der Waals surface area contributed by atoms with E-state index in [2.05, 4.69) is 13.2 Å². The van der Waals surface area contributed by atoms with E-state index in [1.54, 1.807) is 0 Å². The Kier molecular flexibility index (Phi) is 10.3. The van der Waals surface area contributed by atoms with Crippen molar-refractivity contribution in [2.75, 3.05) is 0 Å². The van der Waals surface area contributed by atoms with Gasteiger partial charge in [-0.2, -0.15) is 14.0 Å². The van der Waals surface area contributed by atoms with E-state index < -0.39 is 10.2 Å². The molecule has 0 atom stereocenters. The molecule has 0 amide bonds. The zero-order valence-electron chi connectivity index (χ0n) is 6.74. The van der Waals surface area contributed by atoms with Crippen LogP contribution in [0, 0.1) is 10.2 Å². The number of unbranched alkanes of at least 4 members (excludes halogenated alkanes) is 2. The summed E-state index contributed by atoms with van der Waals surface area (Å²) in [6, 6.07) is 0. The minimum Gasteiger partial charge on any atom is -0.183 e. The maximum Gasteiger partial charge on any atom is 0.0777 e. The molecule has 0 saturated carbocycles. The fourth-order valence-corrected chi connectivity index (χ4v) is 0.407. The van der Waals surface area contributed by atoms with Gasteiger partial charge in [-0.15, -0.1) is 13.2 Å². The van der Waals surface area contributed by atoms with Gasteiger partial charge in [-0.1, -0.05) is 12.2 Å². The average molecular weight is 197 g/mol. The highest BCUT2D eigenvalue weighted by atomic mass is 35.7. The smallest absolute Gasteiger partial charge is 0.0777 e. The van der Waals surface area contributed by atoms with E-state index in [1.807, 2.05) is 12.2 Å². The zero-order valence-corrected chi connectivity index (χ0v) is 7.50. The summed E-state index contributed by atoms with van der Waals surface area (Å²) in [6.07, 6.45) is 7.30. The summed E-state index contributed by atoms with van der Waals surface area (Å²) in [6.45, 7) is 7.20. The predicted octanol–water partition coefficient (Wildman–Crippen LogP) is -1.60. The Morgan fingerprint density at radius 3 is 1.50 bits per heavy atom. The van der Waals surface area contributed by atoms with Crippen LogP contribution in [0.4, 0.5) is 0 Å². The highest BCUT2D eigenvalue weighted by Gasteiger charge is 1.98. The van der Waals surface area contributed by atoms with Gasteiger partial charge in [-0.25, -0.2) is 0 Å². The first kappa shape index (κ1) is 14.2. The topological polar surface area (TPSA) is 89.4 Å². The van der Waals surface area contributed by atoms with Gasteiger partial charge in [0.25, 0.3) is 0 Å². The summed E-state index contributed by atoms with van der Waals surface area (Å²) >= 11 is 0. The fraction of sp³-hybridized carbons (Fsp3) is 0.429. The number of halogens is 1. The van der Waals surface area contributed by atoms with Gasteiger partial charge in [0.05, 0.1) is 14.9 Å². The Hall–Kier alpha value is -0.390. The second-order valence-corrected chi connectivity index (χ2v) is 2.70. The maximum absolute atomic E-state index is 8.60. The molecule has 0 aromatic carbocycles. The lowest BCUT2D eigenvalue weighted by atomic mass is 10.2. The second kappa shape index (κ2) is 8.70. The molecule has 0 aromatic heterocycles. The normalized spacial score (nSPS) is 9.67. The Bertz CT molecular complexity index is 105. The molecule has 1 N–H and O–H groups in total. The molecule has 0 bridgehead atoms. The summed E-state index contributed by atoms with van der Waals surface area (Å²) in [4.78, 5) is 0. The third-order valence-electron chi connectivity index (χ3n) is 0.816. The fourth-order valence-electron chi connectivity index (χ4n) is 0.407. The molecule has 0 unspecified atom stereocenters. The third kappa shape index (κ3) is 54.7. The first-order valence-electron chi connectivity index (χ1n) is 3.26. The van der Waals surface area contributed by atoms with Gasteiger partial charge in [0.2, 0.25) is 0 Å². The monoisotopic (exact) mass is 196 g/mol. The molecule has 5 heteroatoms. The quantitative estimate of drug-likeness (QED) is 0.434. The summed E-state index contributed by atoms with van der Waals surface area (Å²) in [5.74, 6) is 0. The van der Waals surface area contributed by atoms with E-state index in [-0.39, 0.29) is 0 Å². The third-order valence-corrected chi connectivity index (χ3v) is 0.816. The lowest BCUT2D eigenvalue weighted by molar-refractivity contribution is -1.92. The molecule has 0 radical (unpaired) electrons. The van der Waals surface area contributed by atoms with Crippen LogP contribution in [0.1, 0.15) is 19.3 Å². The van der Waals surface area contributed by atoms with Crippen LogP contribution in [0.2, 0.25) is 0 Å². The van der Waals surface area contributed by atoms with Crippen molar-refractivity contribution < 1.29 is 28.9 Å². The van der Waals surface area contributed by atoms with Gasteiger partial charge in [-0.05, 0) is 19.3 Å². The molecule has 0 heterocycles. The van der Waals surface area contributed by atoms with Crippen LogP contribution in [0.25, 0.3) is 0 Å². The molecule has 0 spiro atoms. The lowest BCUT2D eigenvalue weighted by Gasteiger charge is -2.03. The summed E-state index contributed by atoms with van der Waals surface area (Å²) in [5.41, 5.74) is 0. The van der Waals surface area contributed by atoms with Crippen molar-refractivity contribution >= 4 is 0 Å². The zero-order chi connectivity index (χ0) is 10.0. The average Bonchev–Trinajstić information content (AvgIpc) is 1.85. The van der Waals surface area contributed by atoms with Crippen LogP contribution < -0.4 is 14.0 Å². The Morgan fingerprint density at radius 2 is 1.33 bits per heavy atom. The molecule has 72 valence electrons. The minimum absolute atomic E-state index is 1.12. The molecule has 0 rings (SSSR count). The largest absolute Gasteiger partial charge is 0.183 e. The summed E-state index contributed by atoms with van der Waals surface area (Å²) in [7, 11) is -4.69. The van der Waals surface area contributed by atoms with Crippen molar-refractivity contribution in [2.45, 2.75) is 19.3 Å². The van der Waals surface area contributed by atoms with E-state index in [9.17, 15) is 0 Å². The number of rotatable bonds is 4. The van der Waals surface area contributed by atoms with Crippen molar-refractivity contribution in [3.05, 3.63) is 25.3 Å². The van der Waals surface area contributed by atoms with Crippen LogP contribution in [0.15, 0.2) is 25.3 Å². The van der Waals surface area contributed by atoms with Gasteiger partial charge >= 0.3 is 0 Å². The van der Waals surface area contributed by atoms with E-state index in [0.717, 1.165) is 12.8 Å². The standard InChI is InChI=1S/C7H12.ClHO4/c1-3-5-7-6-4-2;2-1(3,4)5/h3-4H,1-2,5-7H2;(H,2,3,4,5). The Morgan fingerprint density at radius 1 is 1.08 bits per heavy atom. The number of allylic oxidation sites excluding steroid dienone is 2. The molecule has 0 aromatic rings. The van der Waals surface area contributed by atoms with Gasteiger partial charge in [0.15, 0.2) is 0 Å². The Labute approximate surface area is 74.2 Å². The van der Waals surface area contributed by atoms with E-state index in [1.165, 1.54) is 6.42 Å². The molecule has 12 heavy (non-hydrogen) atoms. The van der Waals surface area contributed by atoms with Gasteiger partial charge < -0.3 is 0 Å². The molecule has 0 saturated heterocycles. The van der Waals surface area contributed by atoms with Crippen molar-refractivity contribution in [3.63, 3.8) is 0 Å². The molecule has 0 aliphatic carbocycles. The minimum atomic E-state index is -4.69. The highest BCUT2D eigenvalue weighted by Crippen LogP contribution is 1.93. The lowest BCUT2D eigenvalue weighted by Crippen LogP contribution is -2.58. The van der Waals surface area contributed by atoms with Crippen molar-refractivity contribution in [2.24, 2.45) is 0 Å². The molecular weight excluding hydrogens is 184 g/mol. The van der Waals surface area contributed by atoms with E-state index in [4.69, 9.17) is 18.6 Å². The van der Waals surface area contributed by atoms with E-state index >= 15 is 0 Å². The maximum atomic E-state index is 8.60. The van der Waals surface area contributed by atoms with Crippen molar-refractivity contribution in [1.82, 2.24) is 0 Å². The van der Waals surface area contributed by atoms with Crippen LogP contribution in [-0.2, 0) is 0 Å². The van der Waals surface area contributed by atoms with Crippen molar-refractivity contribution in [1.29, 1.82) is 0 Å². The van der Waals surface area contributed by atoms with Crippen LogP contribution in [0.3, 0.4) is 0 Å². The molecule has 4 nitrogen and oxygen atoms in total. The van der Waals surface area contributed by atoms with Crippen molar-refractivity contribution in [3.8, 4) is 0 Å². The van der Waals surface area contributed by atoms with E-state index in [0.29, 0.717) is 0 Å². The molecular formula is C7H13ClO4. The summed E-state index contributed by atoms with van der Waals surface area (Å²) < 4.78 is 32.7. The SMILES string of the molecule is C=CCCCC=C.[O-][Cl+3]([O-])([O-])O. The van der Waals surface area contributed by atoms with Crippen LogP contribution >= 0.6 is 0 Å². The molecule has 0 aliphatic heterocycles. The number of hydrogen-bond acceptors (Lipinski definition) is 4. The first-order valence-corrected chi connectivity index (χ1v) is 4.53. The molecule has 0 aliphatic rings. The predicted molar refractivity (Wildman–Crippen MR) is 36.5 cm³/mol. The van der Waals surface area contributed by atoms with Gasteiger partial charge in [0, 0.05) is 0 Å². The second-order valence-electron chi connectivity index (χ2n) is 1.90. The molecule has 0 fully saturated rings. The van der Waals surface area contributed by atoms with Gasteiger partial charge in [0.1, 0.15) is 0 Å². The number of hydrogen-bond donors (Lipinski definition) is 1. The summed E-state index contributed by atoms with van der Waals surface area (Å²) in [5, 5.41) is 0. The highest BCUT2D eigenvalue weighted by molar-refractivity contribution is 4.71.